The molecule has 0 aliphatic carbocycles. The predicted molar refractivity (Wildman–Crippen MR) is 75.4 cm³/mol. The minimum Gasteiger partial charge on any atom is -0.378 e. The van der Waals surface area contributed by atoms with Crippen molar-refractivity contribution < 1.29 is 9.53 Å². The zero-order valence-electron chi connectivity index (χ0n) is 11.5. The van der Waals surface area contributed by atoms with Crippen LogP contribution in [0.4, 0.5) is 0 Å². The van der Waals surface area contributed by atoms with Crippen molar-refractivity contribution in [3.63, 3.8) is 0 Å². The molecule has 0 aromatic carbocycles. The highest BCUT2D eigenvalue weighted by molar-refractivity contribution is 7.09. The van der Waals surface area contributed by atoms with E-state index in [1.807, 2.05) is 24.3 Å². The van der Waals surface area contributed by atoms with Crippen LogP contribution in [0.5, 0.6) is 0 Å². The second-order valence-electron chi connectivity index (χ2n) is 4.72. The number of rotatable bonds is 5. The Labute approximate surface area is 118 Å². The molecule has 1 saturated heterocycles. The summed E-state index contributed by atoms with van der Waals surface area (Å²) in [5.41, 5.74) is 2.96. The number of nitrogens with one attached hydrogen (secondary N) is 1. The van der Waals surface area contributed by atoms with Gasteiger partial charge in [0.2, 0.25) is 5.91 Å². The molecule has 1 aliphatic heterocycles. The van der Waals surface area contributed by atoms with E-state index < -0.39 is 0 Å². The first kappa shape index (κ1) is 14.4. The van der Waals surface area contributed by atoms with E-state index in [2.05, 4.69) is 10.3 Å². The lowest BCUT2D eigenvalue weighted by Crippen LogP contribution is -2.49. The lowest BCUT2D eigenvalue weighted by Gasteiger charge is -2.29. The summed E-state index contributed by atoms with van der Waals surface area (Å²) in [5.74, 6) is 0.171. The van der Waals surface area contributed by atoms with Crippen molar-refractivity contribution in [2.45, 2.75) is 26.3 Å². The summed E-state index contributed by atoms with van der Waals surface area (Å²) in [6.07, 6.45) is 0.928. The normalized spacial score (nSPS) is 17.5. The van der Waals surface area contributed by atoms with Crippen LogP contribution < -0.4 is 5.32 Å². The van der Waals surface area contributed by atoms with Gasteiger partial charge in [-0.05, 0) is 20.3 Å². The van der Waals surface area contributed by atoms with Gasteiger partial charge in [-0.2, -0.15) is 0 Å². The summed E-state index contributed by atoms with van der Waals surface area (Å²) in [6.45, 7) is 7.47. The third kappa shape index (κ3) is 3.99. The minimum atomic E-state index is -0.133. The number of amides is 1. The molecule has 0 bridgehead atoms. The molecule has 1 N–H and O–H groups in total. The second-order valence-corrected chi connectivity index (χ2v) is 5.66. The average Bonchev–Trinajstić information content (AvgIpc) is 2.84. The molecule has 2 rings (SSSR count). The molecule has 1 aromatic heterocycles. The van der Waals surface area contributed by atoms with E-state index in [-0.39, 0.29) is 11.9 Å². The summed E-state index contributed by atoms with van der Waals surface area (Å²) in [4.78, 5) is 19.5. The lowest BCUT2D eigenvalue weighted by molar-refractivity contribution is -0.137. The number of thiazole rings is 1. The van der Waals surface area contributed by atoms with Crippen LogP contribution in [-0.2, 0) is 16.0 Å². The van der Waals surface area contributed by atoms with Crippen LogP contribution >= 0.6 is 11.3 Å². The Morgan fingerprint density at radius 2 is 2.32 bits per heavy atom. The highest BCUT2D eigenvalue weighted by Crippen LogP contribution is 2.12. The zero-order valence-corrected chi connectivity index (χ0v) is 12.3. The fourth-order valence-electron chi connectivity index (χ4n) is 2.11. The molecule has 2 heterocycles. The Balaban J connectivity index is 1.73. The second kappa shape index (κ2) is 6.98. The van der Waals surface area contributed by atoms with Gasteiger partial charge in [0.1, 0.15) is 0 Å². The van der Waals surface area contributed by atoms with Crippen LogP contribution in [0, 0.1) is 6.92 Å². The molecule has 0 saturated carbocycles. The third-order valence-electron chi connectivity index (χ3n) is 3.34. The average molecular weight is 283 g/mol. The summed E-state index contributed by atoms with van der Waals surface area (Å²) in [5, 5.41) is 3.29. The monoisotopic (exact) mass is 283 g/mol. The first-order valence-electron chi connectivity index (χ1n) is 6.67. The van der Waals surface area contributed by atoms with E-state index in [0.717, 1.165) is 18.7 Å². The smallest absolute Gasteiger partial charge is 0.239 e. The number of aryl methyl sites for hydroxylation is 1. The molecule has 19 heavy (non-hydrogen) atoms. The number of hydrogen-bond acceptors (Lipinski definition) is 5. The Kier molecular flexibility index (Phi) is 5.30. The molecule has 5 nitrogen and oxygen atoms in total. The van der Waals surface area contributed by atoms with E-state index in [4.69, 9.17) is 4.74 Å². The molecular formula is C13H21N3O2S. The van der Waals surface area contributed by atoms with Crippen LogP contribution in [0.1, 0.15) is 17.5 Å². The van der Waals surface area contributed by atoms with Gasteiger partial charge in [-0.1, -0.05) is 0 Å². The highest BCUT2D eigenvalue weighted by Gasteiger charge is 2.21. The van der Waals surface area contributed by atoms with Gasteiger partial charge >= 0.3 is 0 Å². The maximum Gasteiger partial charge on any atom is 0.239 e. The molecule has 1 amide bonds. The van der Waals surface area contributed by atoms with Gasteiger partial charge < -0.3 is 15.0 Å². The van der Waals surface area contributed by atoms with Crippen molar-refractivity contribution in [1.82, 2.24) is 15.2 Å². The quantitative estimate of drug-likeness (QED) is 0.870. The standard InChI is InChI=1S/C13H21N3O2S/c1-10-12(19-9-15-10)3-4-14-11(2)13(17)16-5-7-18-8-6-16/h9,11,14H,3-8H2,1-2H3. The topological polar surface area (TPSA) is 54.5 Å². The summed E-state index contributed by atoms with van der Waals surface area (Å²) >= 11 is 1.67. The highest BCUT2D eigenvalue weighted by atomic mass is 32.1. The van der Waals surface area contributed by atoms with Crippen LogP contribution in [0.3, 0.4) is 0 Å². The third-order valence-corrected chi connectivity index (χ3v) is 4.34. The molecule has 1 atom stereocenters. The van der Waals surface area contributed by atoms with Crippen molar-refractivity contribution in [1.29, 1.82) is 0 Å². The number of nitrogens with zero attached hydrogens (tertiary/aromatic N) is 2. The fourth-order valence-corrected chi connectivity index (χ4v) is 2.89. The van der Waals surface area contributed by atoms with Gasteiger partial charge in [0, 0.05) is 24.5 Å². The van der Waals surface area contributed by atoms with Gasteiger partial charge in [-0.15, -0.1) is 11.3 Å². The molecule has 0 spiro atoms. The van der Waals surface area contributed by atoms with E-state index in [1.54, 1.807) is 11.3 Å². The van der Waals surface area contributed by atoms with Gasteiger partial charge in [-0.25, -0.2) is 4.98 Å². The number of morpholine rings is 1. The Hall–Kier alpha value is -0.980. The fraction of sp³-hybridized carbons (Fsp3) is 0.692. The molecule has 6 heteroatoms. The van der Waals surface area contributed by atoms with E-state index in [9.17, 15) is 4.79 Å². The van der Waals surface area contributed by atoms with Crippen molar-refractivity contribution >= 4 is 17.2 Å². The maximum absolute atomic E-state index is 12.2. The van der Waals surface area contributed by atoms with Crippen LogP contribution in [0.15, 0.2) is 5.51 Å². The first-order valence-corrected chi connectivity index (χ1v) is 7.55. The van der Waals surface area contributed by atoms with Crippen molar-refractivity contribution in [2.24, 2.45) is 0 Å². The number of aromatic nitrogens is 1. The largest absolute Gasteiger partial charge is 0.378 e. The van der Waals surface area contributed by atoms with Gasteiger partial charge in [0.05, 0.1) is 30.5 Å². The van der Waals surface area contributed by atoms with Crippen molar-refractivity contribution in [3.05, 3.63) is 16.1 Å². The molecule has 1 fully saturated rings. The molecule has 106 valence electrons. The molecule has 0 radical (unpaired) electrons. The van der Waals surface area contributed by atoms with Crippen LogP contribution in [0.2, 0.25) is 0 Å². The zero-order chi connectivity index (χ0) is 13.7. The predicted octanol–water partition coefficient (Wildman–Crippen LogP) is 0.831. The number of hydrogen-bond donors (Lipinski definition) is 1. The molecule has 1 unspecified atom stereocenters. The van der Waals surface area contributed by atoms with Gasteiger partial charge in [-0.3, -0.25) is 4.79 Å². The Bertz CT molecular complexity index is 416. The van der Waals surface area contributed by atoms with Crippen LogP contribution in [0.25, 0.3) is 0 Å². The van der Waals surface area contributed by atoms with Crippen molar-refractivity contribution in [3.8, 4) is 0 Å². The molecule has 1 aliphatic rings. The summed E-state index contributed by atoms with van der Waals surface area (Å²) in [6, 6.07) is -0.133. The SMILES string of the molecule is Cc1ncsc1CCNC(C)C(=O)N1CCOCC1. The number of carbonyl (C=O) groups excluding carboxylic acids is 1. The Morgan fingerprint density at radius 1 is 1.58 bits per heavy atom. The number of carbonyl (C=O) groups is 1. The molecule has 1 aromatic rings. The minimum absolute atomic E-state index is 0.133. The number of ether oxygens (including phenoxy) is 1. The maximum atomic E-state index is 12.2. The van der Waals surface area contributed by atoms with E-state index in [0.29, 0.717) is 26.3 Å². The van der Waals surface area contributed by atoms with Crippen LogP contribution in [-0.4, -0.2) is 54.7 Å². The Morgan fingerprint density at radius 3 is 2.95 bits per heavy atom. The summed E-state index contributed by atoms with van der Waals surface area (Å²) < 4.78 is 5.25. The first-order chi connectivity index (χ1) is 9.18. The van der Waals surface area contributed by atoms with Gasteiger partial charge in [0.15, 0.2) is 0 Å². The van der Waals surface area contributed by atoms with Crippen molar-refractivity contribution in [2.75, 3.05) is 32.8 Å². The van der Waals surface area contributed by atoms with E-state index >= 15 is 0 Å². The summed E-state index contributed by atoms with van der Waals surface area (Å²) in [7, 11) is 0. The molecular weight excluding hydrogens is 262 g/mol. The van der Waals surface area contributed by atoms with Gasteiger partial charge in [0.25, 0.3) is 0 Å². The lowest BCUT2D eigenvalue weighted by atomic mass is 10.2. The van der Waals surface area contributed by atoms with E-state index in [1.165, 1.54) is 4.88 Å².